The molecule has 5 nitrogen and oxygen atoms in total. The van der Waals surface area contributed by atoms with Crippen molar-refractivity contribution in [2.24, 2.45) is 0 Å². The van der Waals surface area contributed by atoms with Crippen LogP contribution < -0.4 is 10.5 Å². The number of nitrogens with zero attached hydrogens (tertiary/aromatic N) is 1. The standard InChI is InChI=1S/C12H15F3N2O3S/c1-20-9-4-5-11(10(16)6-9)21(18,19)17(8-2-3-8)7-12(13,14)15/h4-6,8H,2-3,7,16H2,1H3. The van der Waals surface area contributed by atoms with Gasteiger partial charge in [0.2, 0.25) is 10.0 Å². The zero-order chi connectivity index (χ0) is 15.8. The fourth-order valence-electron chi connectivity index (χ4n) is 1.96. The predicted molar refractivity (Wildman–Crippen MR) is 70.4 cm³/mol. The van der Waals surface area contributed by atoms with E-state index in [0.29, 0.717) is 22.9 Å². The number of anilines is 1. The van der Waals surface area contributed by atoms with Crippen LogP contribution in [-0.4, -0.2) is 38.6 Å². The quantitative estimate of drug-likeness (QED) is 0.841. The number of benzene rings is 1. The minimum atomic E-state index is -4.60. The first-order valence-corrected chi connectivity index (χ1v) is 7.61. The molecule has 1 aromatic rings. The van der Waals surface area contributed by atoms with Gasteiger partial charge >= 0.3 is 6.18 Å². The summed E-state index contributed by atoms with van der Waals surface area (Å²) in [6.07, 6.45) is -3.76. The number of hydrogen-bond acceptors (Lipinski definition) is 4. The first-order valence-electron chi connectivity index (χ1n) is 6.17. The number of alkyl halides is 3. The Morgan fingerprint density at radius 2 is 2.00 bits per heavy atom. The van der Waals surface area contributed by atoms with Crippen molar-refractivity contribution in [3.05, 3.63) is 18.2 Å². The zero-order valence-electron chi connectivity index (χ0n) is 11.2. The highest BCUT2D eigenvalue weighted by molar-refractivity contribution is 7.89. The minimum Gasteiger partial charge on any atom is -0.497 e. The lowest BCUT2D eigenvalue weighted by Gasteiger charge is -2.23. The van der Waals surface area contributed by atoms with Crippen LogP contribution in [-0.2, 0) is 10.0 Å². The van der Waals surface area contributed by atoms with Gasteiger partial charge < -0.3 is 10.5 Å². The molecular weight excluding hydrogens is 309 g/mol. The van der Waals surface area contributed by atoms with Crippen molar-refractivity contribution < 1.29 is 26.3 Å². The average molecular weight is 324 g/mol. The predicted octanol–water partition coefficient (Wildman–Crippen LogP) is 1.99. The third kappa shape index (κ3) is 3.59. The van der Waals surface area contributed by atoms with Crippen LogP contribution >= 0.6 is 0 Å². The second-order valence-corrected chi connectivity index (χ2v) is 6.66. The molecule has 0 amide bonds. The monoisotopic (exact) mass is 324 g/mol. The Hall–Kier alpha value is -1.48. The molecule has 2 rings (SSSR count). The van der Waals surface area contributed by atoms with Crippen molar-refractivity contribution >= 4 is 15.7 Å². The Bertz CT molecular complexity index is 627. The summed E-state index contributed by atoms with van der Waals surface area (Å²) >= 11 is 0. The molecule has 118 valence electrons. The molecule has 0 bridgehead atoms. The van der Waals surface area contributed by atoms with Gasteiger partial charge in [0.05, 0.1) is 12.8 Å². The van der Waals surface area contributed by atoms with Gasteiger partial charge in [0.1, 0.15) is 17.2 Å². The number of sulfonamides is 1. The fourth-order valence-corrected chi connectivity index (χ4v) is 3.73. The molecule has 0 aromatic heterocycles. The third-order valence-electron chi connectivity index (χ3n) is 3.09. The Morgan fingerprint density at radius 1 is 1.38 bits per heavy atom. The molecule has 0 unspecified atom stereocenters. The molecule has 0 saturated heterocycles. The summed E-state index contributed by atoms with van der Waals surface area (Å²) in [5.41, 5.74) is 5.50. The first-order chi connectivity index (χ1) is 9.65. The van der Waals surface area contributed by atoms with Crippen LogP contribution in [0.4, 0.5) is 18.9 Å². The second-order valence-electron chi connectivity index (χ2n) is 4.80. The molecule has 0 atom stereocenters. The summed E-state index contributed by atoms with van der Waals surface area (Å²) in [4.78, 5) is -0.334. The Morgan fingerprint density at radius 3 is 2.43 bits per heavy atom. The maximum absolute atomic E-state index is 12.6. The van der Waals surface area contributed by atoms with E-state index in [-0.39, 0.29) is 10.6 Å². The van der Waals surface area contributed by atoms with Crippen molar-refractivity contribution in [1.29, 1.82) is 0 Å². The van der Waals surface area contributed by atoms with Crippen molar-refractivity contribution in [1.82, 2.24) is 4.31 Å². The molecule has 1 aliphatic carbocycles. The maximum Gasteiger partial charge on any atom is 0.402 e. The van der Waals surface area contributed by atoms with Crippen molar-refractivity contribution in [2.45, 2.75) is 30.0 Å². The fraction of sp³-hybridized carbons (Fsp3) is 0.500. The third-order valence-corrected chi connectivity index (χ3v) is 5.07. The van der Waals surface area contributed by atoms with E-state index in [1.807, 2.05) is 0 Å². The molecule has 0 radical (unpaired) electrons. The molecule has 1 fully saturated rings. The summed E-state index contributed by atoms with van der Waals surface area (Å²) in [5.74, 6) is 0.334. The van der Waals surface area contributed by atoms with Crippen LogP contribution in [0.3, 0.4) is 0 Å². The van der Waals surface area contributed by atoms with Crippen LogP contribution in [0.1, 0.15) is 12.8 Å². The molecule has 0 spiro atoms. The normalized spacial score (nSPS) is 16.2. The van der Waals surface area contributed by atoms with Crippen molar-refractivity contribution in [3.63, 3.8) is 0 Å². The van der Waals surface area contributed by atoms with Gasteiger partial charge in [-0.3, -0.25) is 0 Å². The van der Waals surface area contributed by atoms with Gasteiger partial charge in [-0.1, -0.05) is 0 Å². The van der Waals surface area contributed by atoms with Crippen LogP contribution in [0.15, 0.2) is 23.1 Å². The number of nitrogens with two attached hydrogens (primary N) is 1. The summed E-state index contributed by atoms with van der Waals surface area (Å²) in [7, 11) is -2.92. The highest BCUT2D eigenvalue weighted by atomic mass is 32.2. The van der Waals surface area contributed by atoms with Crippen LogP contribution in [0.5, 0.6) is 5.75 Å². The lowest BCUT2D eigenvalue weighted by molar-refractivity contribution is -0.137. The topological polar surface area (TPSA) is 72.6 Å². The number of rotatable bonds is 5. The summed E-state index contributed by atoms with van der Waals surface area (Å²) < 4.78 is 68.0. The van der Waals surface area contributed by atoms with Crippen LogP contribution in [0.2, 0.25) is 0 Å². The molecule has 1 aliphatic rings. The minimum absolute atomic E-state index is 0.137. The Labute approximate surface area is 120 Å². The van der Waals surface area contributed by atoms with E-state index < -0.39 is 28.8 Å². The van der Waals surface area contributed by atoms with E-state index in [0.717, 1.165) is 6.07 Å². The van der Waals surface area contributed by atoms with Gasteiger partial charge in [0, 0.05) is 12.1 Å². The van der Waals surface area contributed by atoms with Gasteiger partial charge in [0.15, 0.2) is 0 Å². The number of nitrogen functional groups attached to an aromatic ring is 1. The van der Waals surface area contributed by atoms with E-state index in [9.17, 15) is 21.6 Å². The van der Waals surface area contributed by atoms with E-state index >= 15 is 0 Å². The molecule has 0 aliphatic heterocycles. The number of ether oxygens (including phenoxy) is 1. The van der Waals surface area contributed by atoms with E-state index in [4.69, 9.17) is 10.5 Å². The van der Waals surface area contributed by atoms with Gasteiger partial charge in [-0.15, -0.1) is 0 Å². The molecule has 1 aromatic carbocycles. The lowest BCUT2D eigenvalue weighted by atomic mass is 10.3. The van der Waals surface area contributed by atoms with Crippen molar-refractivity contribution in [2.75, 3.05) is 19.4 Å². The highest BCUT2D eigenvalue weighted by Gasteiger charge is 2.45. The molecule has 1 saturated carbocycles. The molecule has 21 heavy (non-hydrogen) atoms. The highest BCUT2D eigenvalue weighted by Crippen LogP contribution is 2.36. The Balaban J connectivity index is 2.39. The number of hydrogen-bond donors (Lipinski definition) is 1. The van der Waals surface area contributed by atoms with E-state index in [1.54, 1.807) is 0 Å². The maximum atomic E-state index is 12.6. The second kappa shape index (κ2) is 5.38. The largest absolute Gasteiger partial charge is 0.497 e. The molecule has 2 N–H and O–H groups in total. The van der Waals surface area contributed by atoms with Gasteiger partial charge in [-0.2, -0.15) is 17.5 Å². The van der Waals surface area contributed by atoms with E-state index in [1.165, 1.54) is 19.2 Å². The summed E-state index contributed by atoms with van der Waals surface area (Å²) in [6.45, 7) is -1.51. The van der Waals surface area contributed by atoms with E-state index in [2.05, 4.69) is 0 Å². The SMILES string of the molecule is COc1ccc(S(=O)(=O)N(CC(F)(F)F)C2CC2)c(N)c1. The lowest BCUT2D eigenvalue weighted by Crippen LogP contribution is -2.40. The van der Waals surface area contributed by atoms with Gasteiger partial charge in [-0.05, 0) is 25.0 Å². The average Bonchev–Trinajstić information content (AvgIpc) is 3.18. The van der Waals surface area contributed by atoms with Crippen LogP contribution in [0.25, 0.3) is 0 Å². The van der Waals surface area contributed by atoms with Crippen molar-refractivity contribution in [3.8, 4) is 5.75 Å². The molecule has 9 heteroatoms. The first kappa shape index (κ1) is 15.9. The molecule has 0 heterocycles. The zero-order valence-corrected chi connectivity index (χ0v) is 12.0. The van der Waals surface area contributed by atoms with Gasteiger partial charge in [0.25, 0.3) is 0 Å². The Kier molecular flexibility index (Phi) is 4.07. The smallest absolute Gasteiger partial charge is 0.402 e. The number of halogens is 3. The van der Waals surface area contributed by atoms with Gasteiger partial charge in [-0.25, -0.2) is 8.42 Å². The summed E-state index contributed by atoms with van der Waals surface area (Å²) in [5, 5.41) is 0. The number of methoxy groups -OCH3 is 1. The van der Waals surface area contributed by atoms with Crippen LogP contribution in [0, 0.1) is 0 Å². The summed E-state index contributed by atoms with van der Waals surface area (Å²) in [6, 6.07) is 3.17. The molecular formula is C12H15F3N2O3S.